The van der Waals surface area contributed by atoms with Crippen LogP contribution in [0.25, 0.3) is 10.8 Å². The maximum Gasteiger partial charge on any atom is 0.303 e. The fourth-order valence-electron chi connectivity index (χ4n) is 2.20. The molecule has 2 rings (SSSR count). The van der Waals surface area contributed by atoms with E-state index < -0.39 is 5.97 Å². The molecule has 0 saturated heterocycles. The number of aliphatic carboxylic acids is 1. The van der Waals surface area contributed by atoms with E-state index in [9.17, 15) is 4.79 Å². The molecule has 0 aliphatic heterocycles. The van der Waals surface area contributed by atoms with Gasteiger partial charge in [0.1, 0.15) is 11.6 Å². The summed E-state index contributed by atoms with van der Waals surface area (Å²) in [6.45, 7) is 0.781. The zero-order chi connectivity index (χ0) is 15.1. The van der Waals surface area contributed by atoms with E-state index in [2.05, 4.69) is 10.3 Å². The highest BCUT2D eigenvalue weighted by atomic mass is 16.5. The van der Waals surface area contributed by atoms with Crippen molar-refractivity contribution in [2.24, 2.45) is 0 Å². The van der Waals surface area contributed by atoms with Crippen LogP contribution in [0.15, 0.2) is 30.5 Å². The van der Waals surface area contributed by atoms with E-state index in [1.165, 1.54) is 0 Å². The maximum absolute atomic E-state index is 10.4. The number of fused-ring (bicyclic) bond motifs is 1. The van der Waals surface area contributed by atoms with E-state index in [0.29, 0.717) is 6.42 Å². The Morgan fingerprint density at radius 3 is 2.90 bits per heavy atom. The molecule has 1 heterocycles. The molecule has 112 valence electrons. The minimum atomic E-state index is -0.731. The summed E-state index contributed by atoms with van der Waals surface area (Å²) < 4.78 is 5.25. The van der Waals surface area contributed by atoms with Crippen molar-refractivity contribution in [2.45, 2.75) is 25.7 Å². The topological polar surface area (TPSA) is 71.5 Å². The summed E-state index contributed by atoms with van der Waals surface area (Å²) >= 11 is 0. The van der Waals surface area contributed by atoms with Gasteiger partial charge in [0.15, 0.2) is 0 Å². The number of rotatable bonds is 8. The van der Waals surface area contributed by atoms with E-state index in [1.54, 1.807) is 13.3 Å². The summed E-state index contributed by atoms with van der Waals surface area (Å²) in [6, 6.07) is 7.87. The number of pyridine rings is 1. The third kappa shape index (κ3) is 4.34. The number of carboxylic acid groups (broad SMARTS) is 1. The summed E-state index contributed by atoms with van der Waals surface area (Å²) in [7, 11) is 1.65. The monoisotopic (exact) mass is 288 g/mol. The van der Waals surface area contributed by atoms with Gasteiger partial charge in [-0.2, -0.15) is 0 Å². The molecule has 0 aliphatic rings. The molecule has 0 unspecified atom stereocenters. The largest absolute Gasteiger partial charge is 0.497 e. The van der Waals surface area contributed by atoms with Crippen molar-refractivity contribution in [1.29, 1.82) is 0 Å². The Bertz CT molecular complexity index is 613. The molecule has 0 saturated carbocycles. The predicted molar refractivity (Wildman–Crippen MR) is 82.9 cm³/mol. The lowest BCUT2D eigenvalue weighted by Crippen LogP contribution is -2.04. The van der Waals surface area contributed by atoms with Crippen LogP contribution in [0, 0.1) is 0 Å². The van der Waals surface area contributed by atoms with Crippen molar-refractivity contribution < 1.29 is 14.6 Å². The highest BCUT2D eigenvalue weighted by Gasteiger charge is 2.03. The minimum absolute atomic E-state index is 0.240. The van der Waals surface area contributed by atoms with Crippen LogP contribution in [0.3, 0.4) is 0 Å². The number of nitrogens with one attached hydrogen (secondary N) is 1. The number of carboxylic acids is 1. The second-order valence-electron chi connectivity index (χ2n) is 4.88. The first-order valence-corrected chi connectivity index (χ1v) is 7.09. The number of unbranched alkanes of at least 4 members (excludes halogenated alkanes) is 2. The quantitative estimate of drug-likeness (QED) is 0.729. The molecule has 1 aromatic carbocycles. The highest BCUT2D eigenvalue weighted by Crippen LogP contribution is 2.25. The standard InChI is InChI=1S/C16H20N2O3/c1-21-13-7-6-12-8-10-18-16(14(12)11-13)17-9-4-2-3-5-15(19)20/h6-8,10-11H,2-5,9H2,1H3,(H,17,18)(H,19,20). The van der Waals surface area contributed by atoms with Crippen LogP contribution < -0.4 is 10.1 Å². The molecule has 2 aromatic rings. The normalized spacial score (nSPS) is 10.5. The Hall–Kier alpha value is -2.30. The van der Waals surface area contributed by atoms with Gasteiger partial charge in [0.05, 0.1) is 7.11 Å². The molecule has 5 nitrogen and oxygen atoms in total. The smallest absolute Gasteiger partial charge is 0.303 e. The number of hydrogen-bond donors (Lipinski definition) is 2. The summed E-state index contributed by atoms with van der Waals surface area (Å²) in [5.41, 5.74) is 0. The predicted octanol–water partition coefficient (Wildman–Crippen LogP) is 3.30. The number of hydrogen-bond acceptors (Lipinski definition) is 4. The van der Waals surface area contributed by atoms with Crippen LogP contribution in [0.5, 0.6) is 5.75 Å². The Morgan fingerprint density at radius 2 is 2.14 bits per heavy atom. The summed E-state index contributed by atoms with van der Waals surface area (Å²) in [6.07, 6.45) is 4.56. The van der Waals surface area contributed by atoms with Crippen LogP contribution in [-0.2, 0) is 4.79 Å². The average Bonchev–Trinajstić information content (AvgIpc) is 2.50. The van der Waals surface area contributed by atoms with Crippen LogP contribution >= 0.6 is 0 Å². The fraction of sp³-hybridized carbons (Fsp3) is 0.375. The van der Waals surface area contributed by atoms with Crippen molar-refractivity contribution in [3.63, 3.8) is 0 Å². The number of aromatic nitrogens is 1. The summed E-state index contributed by atoms with van der Waals surface area (Å²) in [4.78, 5) is 14.8. The average molecular weight is 288 g/mol. The molecule has 0 bridgehead atoms. The van der Waals surface area contributed by atoms with Crippen molar-refractivity contribution >= 4 is 22.6 Å². The van der Waals surface area contributed by atoms with E-state index in [0.717, 1.165) is 41.7 Å². The summed E-state index contributed by atoms with van der Waals surface area (Å²) in [5, 5.41) is 14.0. The van der Waals surface area contributed by atoms with Crippen molar-refractivity contribution in [3.8, 4) is 5.75 Å². The molecular weight excluding hydrogens is 268 g/mol. The molecule has 0 amide bonds. The second kappa shape index (κ2) is 7.47. The van der Waals surface area contributed by atoms with Crippen LogP contribution in [0.2, 0.25) is 0 Å². The second-order valence-corrected chi connectivity index (χ2v) is 4.88. The minimum Gasteiger partial charge on any atom is -0.497 e. The number of methoxy groups -OCH3 is 1. The molecule has 0 radical (unpaired) electrons. The lowest BCUT2D eigenvalue weighted by Gasteiger charge is -2.09. The molecule has 0 aliphatic carbocycles. The first kappa shape index (κ1) is 15.1. The van der Waals surface area contributed by atoms with Crippen LogP contribution in [0.1, 0.15) is 25.7 Å². The van der Waals surface area contributed by atoms with Gasteiger partial charge in [-0.3, -0.25) is 4.79 Å². The van der Waals surface area contributed by atoms with Crippen LogP contribution in [0.4, 0.5) is 5.82 Å². The SMILES string of the molecule is COc1ccc2ccnc(NCCCCCC(=O)O)c2c1. The molecule has 21 heavy (non-hydrogen) atoms. The number of nitrogens with zero attached hydrogens (tertiary/aromatic N) is 1. The van der Waals surface area contributed by atoms with E-state index in [4.69, 9.17) is 9.84 Å². The number of carbonyl (C=O) groups is 1. The molecule has 2 N–H and O–H groups in total. The Balaban J connectivity index is 1.93. The van der Waals surface area contributed by atoms with Gasteiger partial charge in [-0.05, 0) is 36.4 Å². The van der Waals surface area contributed by atoms with Crippen molar-refractivity contribution in [1.82, 2.24) is 4.98 Å². The zero-order valence-corrected chi connectivity index (χ0v) is 12.1. The summed E-state index contributed by atoms with van der Waals surface area (Å²) in [5.74, 6) is 0.912. The lowest BCUT2D eigenvalue weighted by atomic mass is 10.1. The molecule has 0 fully saturated rings. The van der Waals surface area contributed by atoms with Gasteiger partial charge in [-0.25, -0.2) is 4.98 Å². The highest BCUT2D eigenvalue weighted by molar-refractivity contribution is 5.92. The van der Waals surface area contributed by atoms with Gasteiger partial charge < -0.3 is 15.2 Å². The van der Waals surface area contributed by atoms with Gasteiger partial charge in [0, 0.05) is 24.5 Å². The lowest BCUT2D eigenvalue weighted by molar-refractivity contribution is -0.137. The van der Waals surface area contributed by atoms with Gasteiger partial charge in [-0.15, -0.1) is 0 Å². The maximum atomic E-state index is 10.4. The fourth-order valence-corrected chi connectivity index (χ4v) is 2.20. The number of anilines is 1. The first-order valence-electron chi connectivity index (χ1n) is 7.09. The van der Waals surface area contributed by atoms with Gasteiger partial charge >= 0.3 is 5.97 Å². The molecule has 1 aromatic heterocycles. The van der Waals surface area contributed by atoms with Gasteiger partial charge in [0.2, 0.25) is 0 Å². The Morgan fingerprint density at radius 1 is 1.29 bits per heavy atom. The van der Waals surface area contributed by atoms with Crippen molar-refractivity contribution in [2.75, 3.05) is 19.0 Å². The molecule has 0 spiro atoms. The Labute approximate surface area is 124 Å². The third-order valence-corrected chi connectivity index (χ3v) is 3.33. The van der Waals surface area contributed by atoms with Gasteiger partial charge in [0.25, 0.3) is 0 Å². The Kier molecular flexibility index (Phi) is 5.37. The van der Waals surface area contributed by atoms with E-state index >= 15 is 0 Å². The molecule has 5 heteroatoms. The number of ether oxygens (including phenoxy) is 1. The molecular formula is C16H20N2O3. The van der Waals surface area contributed by atoms with Gasteiger partial charge in [-0.1, -0.05) is 12.5 Å². The van der Waals surface area contributed by atoms with E-state index in [1.807, 2.05) is 24.3 Å². The molecule has 0 atom stereocenters. The third-order valence-electron chi connectivity index (χ3n) is 3.33. The zero-order valence-electron chi connectivity index (χ0n) is 12.1. The van der Waals surface area contributed by atoms with Crippen LogP contribution in [-0.4, -0.2) is 29.7 Å². The first-order chi connectivity index (χ1) is 10.2. The van der Waals surface area contributed by atoms with E-state index in [-0.39, 0.29) is 6.42 Å². The van der Waals surface area contributed by atoms with Crippen molar-refractivity contribution in [3.05, 3.63) is 30.5 Å². The number of benzene rings is 1.